The van der Waals surface area contributed by atoms with Crippen molar-refractivity contribution in [2.45, 2.75) is 71.1 Å². The molecule has 0 heterocycles. The van der Waals surface area contributed by atoms with Crippen LogP contribution in [-0.4, -0.2) is 18.5 Å². The van der Waals surface area contributed by atoms with Gasteiger partial charge in [-0.1, -0.05) is 88.6 Å². The first-order valence-electron chi connectivity index (χ1n) is 11.6. The van der Waals surface area contributed by atoms with Crippen LogP contribution in [0.3, 0.4) is 0 Å². The van der Waals surface area contributed by atoms with E-state index in [1.807, 2.05) is 36.4 Å². The lowest BCUT2D eigenvalue weighted by Crippen LogP contribution is -2.27. The van der Waals surface area contributed by atoms with Gasteiger partial charge in [0.15, 0.2) is 6.73 Å². The minimum atomic E-state index is -0.201. The van der Waals surface area contributed by atoms with Crippen molar-refractivity contribution in [3.8, 4) is 5.75 Å². The Bertz CT molecular complexity index is 777. The summed E-state index contributed by atoms with van der Waals surface area (Å²) in [5, 5.41) is 5.65. The molecule has 0 radical (unpaired) electrons. The summed E-state index contributed by atoms with van der Waals surface area (Å²) in [5.74, 6) is 0.330. The Morgan fingerprint density at radius 2 is 1.39 bits per heavy atom. The van der Waals surface area contributed by atoms with Gasteiger partial charge in [-0.3, -0.25) is 9.59 Å². The Kier molecular flexibility index (Phi) is 11.9. The molecule has 5 nitrogen and oxygen atoms in total. The van der Waals surface area contributed by atoms with Crippen molar-refractivity contribution in [2.75, 3.05) is 12.0 Å². The number of amides is 2. The second kappa shape index (κ2) is 15.1. The molecule has 0 unspecified atom stereocenters. The summed E-state index contributed by atoms with van der Waals surface area (Å²) in [5.41, 5.74) is 1.20. The van der Waals surface area contributed by atoms with E-state index in [-0.39, 0.29) is 18.5 Å². The maximum Gasteiger partial charge on any atom is 0.253 e. The van der Waals surface area contributed by atoms with E-state index in [9.17, 15) is 9.59 Å². The van der Waals surface area contributed by atoms with Crippen molar-refractivity contribution in [3.05, 3.63) is 60.2 Å². The van der Waals surface area contributed by atoms with Crippen LogP contribution in [0.4, 0.5) is 5.69 Å². The topological polar surface area (TPSA) is 67.4 Å². The first-order chi connectivity index (χ1) is 15.2. The summed E-state index contributed by atoms with van der Waals surface area (Å²) in [6.07, 6.45) is 11.6. The molecule has 0 saturated heterocycles. The van der Waals surface area contributed by atoms with Crippen LogP contribution in [0, 0.1) is 0 Å². The summed E-state index contributed by atoms with van der Waals surface area (Å²) in [7, 11) is 0. The molecule has 0 spiro atoms. The van der Waals surface area contributed by atoms with Gasteiger partial charge in [-0.25, -0.2) is 0 Å². The smallest absolute Gasteiger partial charge is 0.253 e. The minimum absolute atomic E-state index is 0.00711. The average Bonchev–Trinajstić information content (AvgIpc) is 2.79. The number of carbonyl (C=O) groups excluding carboxylic acids is 2. The summed E-state index contributed by atoms with van der Waals surface area (Å²) in [6.45, 7) is 2.26. The Hall–Kier alpha value is -2.82. The van der Waals surface area contributed by atoms with Crippen molar-refractivity contribution in [1.82, 2.24) is 5.32 Å². The molecule has 168 valence electrons. The fourth-order valence-corrected chi connectivity index (χ4v) is 3.38. The van der Waals surface area contributed by atoms with E-state index < -0.39 is 0 Å². The van der Waals surface area contributed by atoms with E-state index in [0.29, 0.717) is 23.4 Å². The second-order valence-electron chi connectivity index (χ2n) is 7.78. The zero-order valence-corrected chi connectivity index (χ0v) is 18.7. The predicted octanol–water partition coefficient (Wildman–Crippen LogP) is 6.31. The molecule has 2 aromatic rings. The minimum Gasteiger partial charge on any atom is -0.471 e. The lowest BCUT2D eigenvalue weighted by Gasteiger charge is -2.13. The van der Waals surface area contributed by atoms with Crippen LogP contribution < -0.4 is 15.4 Å². The largest absolute Gasteiger partial charge is 0.471 e. The molecule has 0 aliphatic rings. The Morgan fingerprint density at radius 3 is 2.10 bits per heavy atom. The highest BCUT2D eigenvalue weighted by Gasteiger charge is 2.09. The Balaban J connectivity index is 1.65. The van der Waals surface area contributed by atoms with Crippen molar-refractivity contribution >= 4 is 17.5 Å². The van der Waals surface area contributed by atoms with Crippen LogP contribution in [0.2, 0.25) is 0 Å². The highest BCUT2D eigenvalue weighted by Crippen LogP contribution is 2.24. The fraction of sp³-hybridized carbons (Fsp3) is 0.462. The number of benzene rings is 2. The van der Waals surface area contributed by atoms with Crippen LogP contribution in [0.25, 0.3) is 0 Å². The molecule has 2 rings (SSSR count). The highest BCUT2D eigenvalue weighted by atomic mass is 16.5. The number of para-hydroxylation sites is 2. The third-order valence-electron chi connectivity index (χ3n) is 5.16. The Morgan fingerprint density at radius 1 is 0.774 bits per heavy atom. The van der Waals surface area contributed by atoms with Crippen LogP contribution in [0.1, 0.15) is 81.5 Å². The molecule has 0 saturated carbocycles. The van der Waals surface area contributed by atoms with Gasteiger partial charge in [0.05, 0.1) is 5.69 Å². The lowest BCUT2D eigenvalue weighted by molar-refractivity contribution is -0.116. The van der Waals surface area contributed by atoms with Gasteiger partial charge in [0.2, 0.25) is 5.91 Å². The van der Waals surface area contributed by atoms with Gasteiger partial charge < -0.3 is 15.4 Å². The number of ether oxygens (including phenoxy) is 1. The number of anilines is 1. The molecular weight excluding hydrogens is 388 g/mol. The number of nitrogens with one attached hydrogen (secondary N) is 2. The molecule has 0 aliphatic heterocycles. The second-order valence-corrected chi connectivity index (χ2v) is 7.78. The molecule has 31 heavy (non-hydrogen) atoms. The van der Waals surface area contributed by atoms with Crippen molar-refractivity contribution in [1.29, 1.82) is 0 Å². The normalized spacial score (nSPS) is 10.5. The molecule has 2 amide bonds. The van der Waals surface area contributed by atoms with Crippen LogP contribution in [-0.2, 0) is 4.79 Å². The van der Waals surface area contributed by atoms with E-state index in [1.165, 1.54) is 44.9 Å². The average molecular weight is 425 g/mol. The zero-order valence-electron chi connectivity index (χ0n) is 18.7. The van der Waals surface area contributed by atoms with E-state index >= 15 is 0 Å². The van der Waals surface area contributed by atoms with Gasteiger partial charge in [-0.15, -0.1) is 0 Å². The number of hydrogen-bond acceptors (Lipinski definition) is 3. The maximum atomic E-state index is 12.3. The van der Waals surface area contributed by atoms with Crippen LogP contribution in [0.15, 0.2) is 54.6 Å². The molecule has 5 heteroatoms. The Labute approximate surface area is 186 Å². The fourth-order valence-electron chi connectivity index (χ4n) is 3.38. The monoisotopic (exact) mass is 424 g/mol. The number of rotatable bonds is 15. The molecule has 0 aliphatic carbocycles. The van der Waals surface area contributed by atoms with E-state index in [2.05, 4.69) is 17.6 Å². The van der Waals surface area contributed by atoms with E-state index in [0.717, 1.165) is 12.8 Å². The zero-order chi connectivity index (χ0) is 22.2. The summed E-state index contributed by atoms with van der Waals surface area (Å²) in [4.78, 5) is 24.4. The maximum absolute atomic E-state index is 12.3. The third-order valence-corrected chi connectivity index (χ3v) is 5.16. The van der Waals surface area contributed by atoms with Crippen LogP contribution in [0.5, 0.6) is 5.75 Å². The van der Waals surface area contributed by atoms with Crippen molar-refractivity contribution < 1.29 is 14.3 Å². The molecular formula is C26H36N2O3. The van der Waals surface area contributed by atoms with Crippen molar-refractivity contribution in [3.63, 3.8) is 0 Å². The molecule has 0 atom stereocenters. The summed E-state index contributed by atoms with van der Waals surface area (Å²) in [6, 6.07) is 16.3. The predicted molar refractivity (Wildman–Crippen MR) is 126 cm³/mol. The van der Waals surface area contributed by atoms with Crippen molar-refractivity contribution in [2.24, 2.45) is 0 Å². The van der Waals surface area contributed by atoms with Gasteiger partial charge >= 0.3 is 0 Å². The lowest BCUT2D eigenvalue weighted by atomic mass is 10.1. The van der Waals surface area contributed by atoms with Gasteiger partial charge in [0.1, 0.15) is 5.75 Å². The summed E-state index contributed by atoms with van der Waals surface area (Å²) >= 11 is 0. The number of unbranched alkanes of at least 4 members (excludes halogenated alkanes) is 8. The molecule has 0 aromatic heterocycles. The van der Waals surface area contributed by atoms with E-state index in [4.69, 9.17) is 4.74 Å². The SMILES string of the molecule is CCCCCCCCCCCC(=O)Nc1ccccc1OCNC(=O)c1ccccc1. The van der Waals surface area contributed by atoms with E-state index in [1.54, 1.807) is 18.2 Å². The van der Waals surface area contributed by atoms with Gasteiger partial charge in [-0.2, -0.15) is 0 Å². The van der Waals surface area contributed by atoms with Crippen LogP contribution >= 0.6 is 0 Å². The molecule has 0 fully saturated rings. The molecule has 0 bridgehead atoms. The first-order valence-corrected chi connectivity index (χ1v) is 11.6. The summed E-state index contributed by atoms with van der Waals surface area (Å²) < 4.78 is 5.68. The molecule has 2 aromatic carbocycles. The number of hydrogen-bond donors (Lipinski definition) is 2. The standard InChI is InChI=1S/C26H36N2O3/c1-2-3-4-5-6-7-8-9-13-20-25(29)28-23-18-14-15-19-24(23)31-21-27-26(30)22-16-11-10-12-17-22/h10-12,14-19H,2-9,13,20-21H2,1H3,(H,27,30)(H,28,29). The van der Waals surface area contributed by atoms with Gasteiger partial charge in [-0.05, 0) is 30.7 Å². The third kappa shape index (κ3) is 10.2. The number of carbonyl (C=O) groups is 2. The van der Waals surface area contributed by atoms with Gasteiger partial charge in [0.25, 0.3) is 5.91 Å². The van der Waals surface area contributed by atoms with Gasteiger partial charge in [0, 0.05) is 12.0 Å². The molecule has 2 N–H and O–H groups in total. The highest BCUT2D eigenvalue weighted by molar-refractivity contribution is 5.94. The quantitative estimate of drug-likeness (QED) is 0.260. The first kappa shape index (κ1) is 24.4.